The Hall–Kier alpha value is -1.63. The van der Waals surface area contributed by atoms with Crippen molar-refractivity contribution in [2.24, 2.45) is 0 Å². The molecule has 1 heterocycles. The van der Waals surface area contributed by atoms with Crippen LogP contribution in [0.25, 0.3) is 0 Å². The summed E-state index contributed by atoms with van der Waals surface area (Å²) in [6.07, 6.45) is 1.27. The van der Waals surface area contributed by atoms with E-state index in [4.69, 9.17) is 5.73 Å². The number of nitrogens with zero attached hydrogens (tertiary/aromatic N) is 1. The van der Waals surface area contributed by atoms with Crippen LogP contribution in [-0.2, 0) is 14.6 Å². The second-order valence-corrected chi connectivity index (χ2v) is 5.44. The van der Waals surface area contributed by atoms with E-state index < -0.39 is 9.84 Å². The summed E-state index contributed by atoms with van der Waals surface area (Å²) < 4.78 is 23.7. The van der Waals surface area contributed by atoms with E-state index in [1.165, 1.54) is 12.3 Å². The third kappa shape index (κ3) is 3.70. The molecule has 0 atom stereocenters. The van der Waals surface area contributed by atoms with Crippen LogP contribution in [-0.4, -0.2) is 31.6 Å². The van der Waals surface area contributed by atoms with Crippen molar-refractivity contribution in [1.82, 2.24) is 10.3 Å². The summed E-state index contributed by atoms with van der Waals surface area (Å²) in [6, 6.07) is 3.02. The largest absolute Gasteiger partial charge is 0.396 e. The van der Waals surface area contributed by atoms with E-state index in [2.05, 4.69) is 10.3 Å². The summed E-state index contributed by atoms with van der Waals surface area (Å²) >= 11 is 0. The maximum absolute atomic E-state index is 11.8. The minimum Gasteiger partial charge on any atom is -0.396 e. The lowest BCUT2D eigenvalue weighted by atomic mass is 10.4. The van der Waals surface area contributed by atoms with Crippen LogP contribution < -0.4 is 11.1 Å². The van der Waals surface area contributed by atoms with Crippen LogP contribution in [0.15, 0.2) is 23.4 Å². The number of hydrogen-bond donors (Lipinski definition) is 2. The number of aromatic nitrogens is 1. The second kappa shape index (κ2) is 5.62. The quantitative estimate of drug-likeness (QED) is 0.770. The van der Waals surface area contributed by atoms with Gasteiger partial charge in [0, 0.05) is 19.2 Å². The SMILES string of the molecule is CCNC(=O)CCS(=O)(=O)c1ncccc1N. The Morgan fingerprint density at radius 2 is 2.24 bits per heavy atom. The fourth-order valence-corrected chi connectivity index (χ4v) is 2.57. The van der Waals surface area contributed by atoms with Gasteiger partial charge in [0.2, 0.25) is 5.91 Å². The van der Waals surface area contributed by atoms with E-state index in [-0.39, 0.29) is 28.8 Å². The van der Waals surface area contributed by atoms with E-state index >= 15 is 0 Å². The van der Waals surface area contributed by atoms with Gasteiger partial charge in [0.05, 0.1) is 11.4 Å². The van der Waals surface area contributed by atoms with Crippen LogP contribution in [0.5, 0.6) is 0 Å². The van der Waals surface area contributed by atoms with Gasteiger partial charge in [0.1, 0.15) is 0 Å². The van der Waals surface area contributed by atoms with Gasteiger partial charge in [-0.05, 0) is 19.1 Å². The Morgan fingerprint density at radius 3 is 2.82 bits per heavy atom. The van der Waals surface area contributed by atoms with E-state index in [1.54, 1.807) is 13.0 Å². The van der Waals surface area contributed by atoms with Crippen molar-refractivity contribution < 1.29 is 13.2 Å². The number of carbonyl (C=O) groups is 1. The predicted molar refractivity (Wildman–Crippen MR) is 64.0 cm³/mol. The zero-order valence-electron chi connectivity index (χ0n) is 9.51. The van der Waals surface area contributed by atoms with Gasteiger partial charge in [-0.1, -0.05) is 0 Å². The lowest BCUT2D eigenvalue weighted by Crippen LogP contribution is -2.25. The summed E-state index contributed by atoms with van der Waals surface area (Å²) in [5.41, 5.74) is 5.63. The van der Waals surface area contributed by atoms with E-state index in [0.717, 1.165) is 0 Å². The first-order valence-corrected chi connectivity index (χ1v) is 6.82. The maximum atomic E-state index is 11.8. The highest BCUT2D eigenvalue weighted by Crippen LogP contribution is 2.16. The van der Waals surface area contributed by atoms with Gasteiger partial charge in [-0.25, -0.2) is 13.4 Å². The number of amides is 1. The molecule has 0 saturated carbocycles. The molecule has 0 aliphatic carbocycles. The Balaban J connectivity index is 2.77. The molecule has 0 saturated heterocycles. The van der Waals surface area contributed by atoms with Crippen LogP contribution in [0.3, 0.4) is 0 Å². The Kier molecular flexibility index (Phi) is 4.45. The number of hydrogen-bond acceptors (Lipinski definition) is 5. The van der Waals surface area contributed by atoms with Crippen LogP contribution >= 0.6 is 0 Å². The Bertz CT molecular complexity index is 499. The molecule has 94 valence electrons. The monoisotopic (exact) mass is 257 g/mol. The van der Waals surface area contributed by atoms with E-state index in [9.17, 15) is 13.2 Å². The molecule has 0 bridgehead atoms. The third-order valence-electron chi connectivity index (χ3n) is 2.07. The zero-order chi connectivity index (χ0) is 12.9. The molecule has 1 amide bonds. The standard InChI is InChI=1S/C10H15N3O3S/c1-2-12-9(14)5-7-17(15,16)10-8(11)4-3-6-13-10/h3-4,6H,2,5,7,11H2,1H3,(H,12,14). The second-order valence-electron chi connectivity index (χ2n) is 3.42. The first-order chi connectivity index (χ1) is 7.97. The molecule has 1 aromatic heterocycles. The van der Waals surface area contributed by atoms with Gasteiger partial charge in [-0.2, -0.15) is 0 Å². The normalized spacial score (nSPS) is 11.1. The first kappa shape index (κ1) is 13.4. The lowest BCUT2D eigenvalue weighted by Gasteiger charge is -2.06. The van der Waals surface area contributed by atoms with Gasteiger partial charge in [-0.15, -0.1) is 0 Å². The van der Waals surface area contributed by atoms with Crippen molar-refractivity contribution in [2.75, 3.05) is 18.0 Å². The van der Waals surface area contributed by atoms with E-state index in [1.807, 2.05) is 0 Å². The molecule has 0 spiro atoms. The highest BCUT2D eigenvalue weighted by molar-refractivity contribution is 7.91. The average molecular weight is 257 g/mol. The van der Waals surface area contributed by atoms with Gasteiger partial charge < -0.3 is 11.1 Å². The summed E-state index contributed by atoms with van der Waals surface area (Å²) in [6.45, 7) is 2.24. The van der Waals surface area contributed by atoms with Crippen LogP contribution in [0, 0.1) is 0 Å². The number of pyridine rings is 1. The Morgan fingerprint density at radius 1 is 1.53 bits per heavy atom. The number of anilines is 1. The van der Waals surface area contributed by atoms with Crippen LogP contribution in [0.1, 0.15) is 13.3 Å². The highest BCUT2D eigenvalue weighted by Gasteiger charge is 2.20. The summed E-state index contributed by atoms with van der Waals surface area (Å²) in [7, 11) is -3.60. The molecule has 3 N–H and O–H groups in total. The maximum Gasteiger partial charge on any atom is 0.221 e. The fourth-order valence-electron chi connectivity index (χ4n) is 1.27. The first-order valence-electron chi connectivity index (χ1n) is 5.17. The molecule has 6 nitrogen and oxygen atoms in total. The summed E-state index contributed by atoms with van der Waals surface area (Å²) in [5, 5.41) is 2.37. The molecule has 0 aliphatic rings. The molecule has 0 aromatic carbocycles. The molecule has 17 heavy (non-hydrogen) atoms. The molecule has 0 fully saturated rings. The molecule has 0 aliphatic heterocycles. The molecule has 1 aromatic rings. The lowest BCUT2D eigenvalue weighted by molar-refractivity contribution is -0.120. The van der Waals surface area contributed by atoms with Gasteiger partial charge in [0.25, 0.3) is 0 Å². The van der Waals surface area contributed by atoms with Crippen LogP contribution in [0.2, 0.25) is 0 Å². The van der Waals surface area contributed by atoms with Crippen molar-refractivity contribution in [1.29, 1.82) is 0 Å². The fraction of sp³-hybridized carbons (Fsp3) is 0.400. The number of nitrogens with two attached hydrogens (primary N) is 1. The van der Waals surface area contributed by atoms with Gasteiger partial charge in [0.15, 0.2) is 14.9 Å². The number of carbonyl (C=O) groups excluding carboxylic acids is 1. The number of sulfone groups is 1. The molecular formula is C10H15N3O3S. The Labute approximate surface area is 100 Å². The highest BCUT2D eigenvalue weighted by atomic mass is 32.2. The minimum absolute atomic E-state index is 0.0911. The molecular weight excluding hydrogens is 242 g/mol. The smallest absolute Gasteiger partial charge is 0.221 e. The van der Waals surface area contributed by atoms with Crippen LogP contribution in [0.4, 0.5) is 5.69 Å². The number of rotatable bonds is 5. The minimum atomic E-state index is -3.60. The third-order valence-corrected chi connectivity index (χ3v) is 3.74. The summed E-state index contributed by atoms with van der Waals surface area (Å²) in [4.78, 5) is 14.9. The summed E-state index contributed by atoms with van der Waals surface area (Å²) in [5.74, 6) is -0.592. The van der Waals surface area contributed by atoms with E-state index in [0.29, 0.717) is 6.54 Å². The van der Waals surface area contributed by atoms with Crippen molar-refractivity contribution in [3.8, 4) is 0 Å². The van der Waals surface area contributed by atoms with Gasteiger partial charge in [-0.3, -0.25) is 4.79 Å². The molecule has 0 unspecified atom stereocenters. The average Bonchev–Trinajstić information content (AvgIpc) is 2.27. The molecule has 0 radical (unpaired) electrons. The van der Waals surface area contributed by atoms with Crippen molar-refractivity contribution >= 4 is 21.4 Å². The van der Waals surface area contributed by atoms with Crippen molar-refractivity contribution in [2.45, 2.75) is 18.4 Å². The predicted octanol–water partition coefficient (Wildman–Crippen LogP) is -0.0363. The van der Waals surface area contributed by atoms with Crippen molar-refractivity contribution in [3.05, 3.63) is 18.3 Å². The zero-order valence-corrected chi connectivity index (χ0v) is 10.3. The van der Waals surface area contributed by atoms with Crippen molar-refractivity contribution in [3.63, 3.8) is 0 Å². The molecule has 1 rings (SSSR count). The number of nitrogen functional groups attached to an aromatic ring is 1. The molecule has 7 heteroatoms. The topological polar surface area (TPSA) is 102 Å². The number of nitrogens with one attached hydrogen (secondary N) is 1. The van der Waals surface area contributed by atoms with Gasteiger partial charge >= 0.3 is 0 Å².